The van der Waals surface area contributed by atoms with Gasteiger partial charge in [-0.15, -0.1) is 0 Å². The first-order chi connectivity index (χ1) is 8.69. The summed E-state index contributed by atoms with van der Waals surface area (Å²) in [5.74, 6) is 0. The van der Waals surface area contributed by atoms with Crippen molar-refractivity contribution in [3.63, 3.8) is 0 Å². The van der Waals surface area contributed by atoms with Crippen LogP contribution < -0.4 is 0 Å². The van der Waals surface area contributed by atoms with Crippen molar-refractivity contribution >= 4 is 22.2 Å². The lowest BCUT2D eigenvalue weighted by atomic mass is 10.1. The Morgan fingerprint density at radius 3 is 2.39 bits per heavy atom. The van der Waals surface area contributed by atoms with Gasteiger partial charge in [-0.1, -0.05) is 40.2 Å². The maximum Gasteiger partial charge on any atom is 0.138 e. The van der Waals surface area contributed by atoms with Crippen LogP contribution in [0.3, 0.4) is 0 Å². The zero-order valence-corrected chi connectivity index (χ0v) is 12.3. The van der Waals surface area contributed by atoms with Crippen LogP contribution in [0.25, 0.3) is 0 Å². The maximum atomic E-state index is 10.7. The minimum Gasteiger partial charge on any atom is -0.304 e. The normalized spacial score (nSPS) is 19.7. The molecule has 1 aromatic rings. The molecule has 1 unspecified atom stereocenters. The first-order valence-corrected chi connectivity index (χ1v) is 7.19. The smallest absolute Gasteiger partial charge is 0.138 e. The molecule has 1 saturated heterocycles. The molecule has 4 heteroatoms. The van der Waals surface area contributed by atoms with Crippen molar-refractivity contribution in [3.8, 4) is 0 Å². The van der Waals surface area contributed by atoms with Crippen molar-refractivity contribution in [1.29, 1.82) is 0 Å². The molecule has 0 radical (unpaired) electrons. The highest BCUT2D eigenvalue weighted by atomic mass is 79.9. The van der Waals surface area contributed by atoms with E-state index in [0.29, 0.717) is 0 Å². The van der Waals surface area contributed by atoms with E-state index in [1.165, 1.54) is 5.56 Å². The van der Waals surface area contributed by atoms with E-state index in [0.717, 1.165) is 44.6 Å². The number of likely N-dealkylation sites (N-methyl/N-ethyl adjacent to an activating group) is 1. The van der Waals surface area contributed by atoms with Crippen molar-refractivity contribution in [2.24, 2.45) is 0 Å². The Bertz CT molecular complexity index is 385. The number of rotatable bonds is 4. The van der Waals surface area contributed by atoms with Crippen LogP contribution in [0.4, 0.5) is 0 Å². The minimum atomic E-state index is -0.185. The summed E-state index contributed by atoms with van der Waals surface area (Å²) in [7, 11) is 2.17. The number of piperazine rings is 1. The standard InChI is InChI=1S/C14H19BrN2O/c1-16-6-8-17(9-7-16)10-12-2-4-13(5-3-12)14(15)11-18/h2-5,11,14H,6-10H2,1H3. The van der Waals surface area contributed by atoms with Crippen LogP contribution >= 0.6 is 15.9 Å². The molecule has 0 amide bonds. The van der Waals surface area contributed by atoms with E-state index in [2.05, 4.69) is 44.9 Å². The third kappa shape index (κ3) is 3.64. The Morgan fingerprint density at radius 2 is 1.83 bits per heavy atom. The van der Waals surface area contributed by atoms with Gasteiger partial charge in [0.25, 0.3) is 0 Å². The average molecular weight is 311 g/mol. The molecule has 1 aliphatic heterocycles. The summed E-state index contributed by atoms with van der Waals surface area (Å²) in [6, 6.07) is 8.29. The molecule has 0 aromatic heterocycles. The molecule has 3 nitrogen and oxygen atoms in total. The largest absolute Gasteiger partial charge is 0.304 e. The third-order valence-corrected chi connectivity index (χ3v) is 4.16. The van der Waals surface area contributed by atoms with Crippen LogP contribution in [0.1, 0.15) is 16.0 Å². The summed E-state index contributed by atoms with van der Waals surface area (Å²) >= 11 is 3.33. The molecule has 0 N–H and O–H groups in total. The van der Waals surface area contributed by atoms with Crippen molar-refractivity contribution in [1.82, 2.24) is 9.80 Å². The number of halogens is 1. The zero-order valence-electron chi connectivity index (χ0n) is 10.7. The summed E-state index contributed by atoms with van der Waals surface area (Å²) in [5.41, 5.74) is 2.33. The van der Waals surface area contributed by atoms with E-state index in [-0.39, 0.29) is 4.83 Å². The van der Waals surface area contributed by atoms with E-state index in [9.17, 15) is 4.79 Å². The van der Waals surface area contributed by atoms with Crippen LogP contribution in [0.2, 0.25) is 0 Å². The van der Waals surface area contributed by atoms with Gasteiger partial charge in [0, 0.05) is 32.7 Å². The van der Waals surface area contributed by atoms with Crippen LogP contribution in [0.5, 0.6) is 0 Å². The van der Waals surface area contributed by atoms with Gasteiger partial charge in [0.05, 0.1) is 4.83 Å². The third-order valence-electron chi connectivity index (χ3n) is 3.42. The number of carbonyl (C=O) groups excluding carboxylic acids is 1. The van der Waals surface area contributed by atoms with Gasteiger partial charge in [-0.05, 0) is 18.2 Å². The average Bonchev–Trinajstić information content (AvgIpc) is 2.41. The Balaban J connectivity index is 1.92. The van der Waals surface area contributed by atoms with Crippen molar-refractivity contribution in [2.75, 3.05) is 33.2 Å². The zero-order chi connectivity index (χ0) is 13.0. The Hall–Kier alpha value is -0.710. The molecule has 1 fully saturated rings. The quantitative estimate of drug-likeness (QED) is 0.628. The first-order valence-electron chi connectivity index (χ1n) is 6.28. The molecule has 2 rings (SSSR count). The summed E-state index contributed by atoms with van der Waals surface area (Å²) < 4.78 is 0. The van der Waals surface area contributed by atoms with E-state index in [4.69, 9.17) is 0 Å². The van der Waals surface area contributed by atoms with Crippen LogP contribution in [-0.2, 0) is 11.3 Å². The Labute approximate surface area is 117 Å². The van der Waals surface area contributed by atoms with Gasteiger partial charge in [0.1, 0.15) is 6.29 Å². The molecular formula is C14H19BrN2O. The molecular weight excluding hydrogens is 292 g/mol. The Morgan fingerprint density at radius 1 is 1.22 bits per heavy atom. The van der Waals surface area contributed by atoms with E-state index in [1.807, 2.05) is 12.1 Å². The SMILES string of the molecule is CN1CCN(Cc2ccc(C(Br)C=O)cc2)CC1. The van der Waals surface area contributed by atoms with Crippen molar-refractivity contribution < 1.29 is 4.79 Å². The topological polar surface area (TPSA) is 23.6 Å². The van der Waals surface area contributed by atoms with Crippen LogP contribution in [0, 0.1) is 0 Å². The predicted molar refractivity (Wildman–Crippen MR) is 76.9 cm³/mol. The molecule has 0 aliphatic carbocycles. The van der Waals surface area contributed by atoms with Gasteiger partial charge in [0.15, 0.2) is 0 Å². The lowest BCUT2D eigenvalue weighted by Gasteiger charge is -2.32. The minimum absolute atomic E-state index is 0.185. The van der Waals surface area contributed by atoms with Gasteiger partial charge in [0.2, 0.25) is 0 Å². The van der Waals surface area contributed by atoms with Gasteiger partial charge >= 0.3 is 0 Å². The van der Waals surface area contributed by atoms with Crippen molar-refractivity contribution in [3.05, 3.63) is 35.4 Å². The van der Waals surface area contributed by atoms with E-state index < -0.39 is 0 Å². The highest BCUT2D eigenvalue weighted by Gasteiger charge is 2.14. The van der Waals surface area contributed by atoms with Crippen molar-refractivity contribution in [2.45, 2.75) is 11.4 Å². The lowest BCUT2D eigenvalue weighted by molar-refractivity contribution is -0.107. The molecule has 1 atom stereocenters. The molecule has 0 bridgehead atoms. The molecule has 1 aliphatic rings. The van der Waals surface area contributed by atoms with E-state index >= 15 is 0 Å². The number of carbonyl (C=O) groups is 1. The maximum absolute atomic E-state index is 10.7. The van der Waals surface area contributed by atoms with Gasteiger partial charge in [-0.2, -0.15) is 0 Å². The second kappa shape index (κ2) is 6.45. The van der Waals surface area contributed by atoms with Gasteiger partial charge < -0.3 is 9.69 Å². The second-order valence-electron chi connectivity index (χ2n) is 4.86. The fourth-order valence-corrected chi connectivity index (χ4v) is 2.45. The summed E-state index contributed by atoms with van der Waals surface area (Å²) in [6.07, 6.45) is 0.912. The highest BCUT2D eigenvalue weighted by Crippen LogP contribution is 2.20. The number of nitrogens with zero attached hydrogens (tertiary/aromatic N) is 2. The number of benzene rings is 1. The van der Waals surface area contributed by atoms with Crippen LogP contribution in [0.15, 0.2) is 24.3 Å². The van der Waals surface area contributed by atoms with Gasteiger partial charge in [-0.25, -0.2) is 0 Å². The molecule has 1 heterocycles. The summed E-state index contributed by atoms with van der Waals surface area (Å²) in [6.45, 7) is 5.56. The molecule has 1 aromatic carbocycles. The lowest BCUT2D eigenvalue weighted by Crippen LogP contribution is -2.43. The summed E-state index contributed by atoms with van der Waals surface area (Å²) in [5, 5.41) is 0. The Kier molecular flexibility index (Phi) is 4.92. The summed E-state index contributed by atoms with van der Waals surface area (Å²) in [4.78, 5) is 15.3. The van der Waals surface area contributed by atoms with Crippen LogP contribution in [-0.4, -0.2) is 49.3 Å². The molecule has 18 heavy (non-hydrogen) atoms. The first kappa shape index (κ1) is 13.7. The number of hydrogen-bond donors (Lipinski definition) is 0. The second-order valence-corrected chi connectivity index (χ2v) is 5.85. The monoisotopic (exact) mass is 310 g/mol. The number of hydrogen-bond acceptors (Lipinski definition) is 3. The number of alkyl halides is 1. The molecule has 98 valence electrons. The fraction of sp³-hybridized carbons (Fsp3) is 0.500. The predicted octanol–water partition coefficient (Wildman–Crippen LogP) is 2.07. The van der Waals surface area contributed by atoms with E-state index in [1.54, 1.807) is 0 Å². The number of aldehydes is 1. The fourth-order valence-electron chi connectivity index (χ4n) is 2.15. The highest BCUT2D eigenvalue weighted by molar-refractivity contribution is 9.09. The molecule has 0 spiro atoms. The van der Waals surface area contributed by atoms with Gasteiger partial charge in [-0.3, -0.25) is 4.90 Å². The molecule has 0 saturated carbocycles.